The van der Waals surface area contributed by atoms with Crippen molar-refractivity contribution < 1.29 is 17.6 Å². The van der Waals surface area contributed by atoms with Crippen LogP contribution in [0.25, 0.3) is 0 Å². The van der Waals surface area contributed by atoms with E-state index < -0.39 is 10.0 Å². The maximum atomic E-state index is 12.5. The third-order valence-corrected chi connectivity index (χ3v) is 5.14. The first-order valence-corrected chi connectivity index (χ1v) is 9.23. The van der Waals surface area contributed by atoms with Crippen LogP contribution in [0.4, 0.5) is 0 Å². The summed E-state index contributed by atoms with van der Waals surface area (Å²) >= 11 is 0. The first-order chi connectivity index (χ1) is 11.2. The summed E-state index contributed by atoms with van der Waals surface area (Å²) in [6.07, 6.45) is 4.75. The number of carbonyl (C=O) groups is 1. The molecule has 0 saturated carbocycles. The molecule has 2 aliphatic heterocycles. The zero-order chi connectivity index (χ0) is 17.5. The van der Waals surface area contributed by atoms with E-state index in [-0.39, 0.29) is 24.2 Å². The minimum absolute atomic E-state index is 0.0559. The zero-order valence-electron chi connectivity index (χ0n) is 13.7. The molecule has 0 spiro atoms. The van der Waals surface area contributed by atoms with Gasteiger partial charge in [-0.2, -0.15) is 0 Å². The molecule has 1 atom stereocenters. The zero-order valence-corrected chi connectivity index (χ0v) is 14.6. The van der Waals surface area contributed by atoms with Crippen molar-refractivity contribution in [2.45, 2.75) is 26.8 Å². The molecule has 1 aromatic heterocycles. The van der Waals surface area contributed by atoms with Crippen molar-refractivity contribution in [3.8, 4) is 0 Å². The normalized spacial score (nSPS) is 20.0. The van der Waals surface area contributed by atoms with Crippen molar-refractivity contribution in [1.82, 2.24) is 10.2 Å². The Bertz CT molecular complexity index is 877. The van der Waals surface area contributed by atoms with Gasteiger partial charge in [-0.3, -0.25) is 4.79 Å². The number of nitrogens with one attached hydrogen (secondary N) is 1. The predicted octanol–water partition coefficient (Wildman–Crippen LogP) is 1.57. The number of nitrogens with zero attached hydrogens (tertiary/aromatic N) is 2. The maximum Gasteiger partial charge on any atom is 0.256 e. The molecule has 1 unspecified atom stereocenters. The highest BCUT2D eigenvalue weighted by Crippen LogP contribution is 2.22. The van der Waals surface area contributed by atoms with E-state index in [0.29, 0.717) is 11.4 Å². The molecule has 128 valence electrons. The molecule has 0 fully saturated rings. The lowest BCUT2D eigenvalue weighted by atomic mass is 10.1. The van der Waals surface area contributed by atoms with Crippen molar-refractivity contribution >= 4 is 21.8 Å². The van der Waals surface area contributed by atoms with Gasteiger partial charge in [-0.15, -0.1) is 4.40 Å². The highest BCUT2D eigenvalue weighted by molar-refractivity contribution is 7.90. The minimum atomic E-state index is -3.39. The van der Waals surface area contributed by atoms with Gasteiger partial charge in [0, 0.05) is 18.3 Å². The Morgan fingerprint density at radius 2 is 2.12 bits per heavy atom. The number of hydrogen-bond acceptors (Lipinski definition) is 5. The van der Waals surface area contributed by atoms with Crippen LogP contribution in [0, 0.1) is 13.8 Å². The molecule has 0 aromatic carbocycles. The second-order valence-corrected chi connectivity index (χ2v) is 7.67. The smallest absolute Gasteiger partial charge is 0.256 e. The molecule has 1 amide bonds. The van der Waals surface area contributed by atoms with Crippen LogP contribution in [0.5, 0.6) is 0 Å². The van der Waals surface area contributed by atoms with Crippen LogP contribution in [-0.2, 0) is 14.8 Å². The molecule has 1 aromatic rings. The van der Waals surface area contributed by atoms with E-state index in [2.05, 4.69) is 9.71 Å². The van der Waals surface area contributed by atoms with Crippen molar-refractivity contribution in [1.29, 1.82) is 0 Å². The average Bonchev–Trinajstić information content (AvgIpc) is 2.84. The SMILES string of the molecule is Cc1cc(C(C)NC(=O)C2=CN3CCS(=O)(=O)N=C3C=C2)c(C)o1. The Morgan fingerprint density at radius 3 is 2.79 bits per heavy atom. The quantitative estimate of drug-likeness (QED) is 0.894. The Kier molecular flexibility index (Phi) is 4.08. The number of rotatable bonds is 3. The van der Waals surface area contributed by atoms with E-state index in [0.717, 1.165) is 17.1 Å². The van der Waals surface area contributed by atoms with Gasteiger partial charge >= 0.3 is 0 Å². The fraction of sp³-hybridized carbons (Fsp3) is 0.375. The first kappa shape index (κ1) is 16.5. The van der Waals surface area contributed by atoms with Gasteiger partial charge in [-0.05, 0) is 39.0 Å². The van der Waals surface area contributed by atoms with Gasteiger partial charge in [0.25, 0.3) is 15.9 Å². The summed E-state index contributed by atoms with van der Waals surface area (Å²) in [5.74, 6) is 1.64. The van der Waals surface area contributed by atoms with Gasteiger partial charge in [0.15, 0.2) is 0 Å². The van der Waals surface area contributed by atoms with Crippen LogP contribution in [0.15, 0.2) is 38.8 Å². The number of furan rings is 1. The lowest BCUT2D eigenvalue weighted by Crippen LogP contribution is -2.38. The highest BCUT2D eigenvalue weighted by atomic mass is 32.2. The van der Waals surface area contributed by atoms with Crippen LogP contribution in [0.3, 0.4) is 0 Å². The summed E-state index contributed by atoms with van der Waals surface area (Å²) in [7, 11) is -3.39. The molecule has 24 heavy (non-hydrogen) atoms. The summed E-state index contributed by atoms with van der Waals surface area (Å²) in [6.45, 7) is 5.91. The van der Waals surface area contributed by atoms with E-state index in [1.165, 1.54) is 0 Å². The number of aryl methyl sites for hydroxylation is 2. The van der Waals surface area contributed by atoms with Crippen LogP contribution in [0.2, 0.25) is 0 Å². The first-order valence-electron chi connectivity index (χ1n) is 7.62. The van der Waals surface area contributed by atoms with Crippen LogP contribution in [-0.4, -0.2) is 37.4 Å². The van der Waals surface area contributed by atoms with E-state index in [4.69, 9.17) is 4.42 Å². The number of amidine groups is 1. The standard InChI is InChI=1S/C16H19N3O4S/c1-10-8-14(12(3)23-10)11(2)17-16(20)13-4-5-15-18-24(21,22)7-6-19(15)9-13/h4-5,8-9,11H,6-7H2,1-3H3,(H,17,20). The number of sulfonamides is 1. The number of fused-ring (bicyclic) bond motifs is 1. The molecular weight excluding hydrogens is 330 g/mol. The molecule has 0 radical (unpaired) electrons. The Hall–Kier alpha value is -2.35. The monoisotopic (exact) mass is 349 g/mol. The summed E-state index contributed by atoms with van der Waals surface area (Å²) in [6, 6.07) is 1.71. The fourth-order valence-corrected chi connectivity index (χ4v) is 3.74. The number of hydrogen-bond donors (Lipinski definition) is 1. The van der Waals surface area contributed by atoms with Gasteiger partial charge in [-0.1, -0.05) is 0 Å². The molecule has 0 saturated heterocycles. The van der Waals surface area contributed by atoms with Crippen LogP contribution >= 0.6 is 0 Å². The second-order valence-electron chi connectivity index (χ2n) is 5.91. The fourth-order valence-electron chi connectivity index (χ4n) is 2.77. The largest absolute Gasteiger partial charge is 0.466 e. The molecule has 3 rings (SSSR count). The molecule has 1 N–H and O–H groups in total. The van der Waals surface area contributed by atoms with Gasteiger partial charge < -0.3 is 14.6 Å². The van der Waals surface area contributed by atoms with Gasteiger partial charge in [0.1, 0.15) is 17.4 Å². The molecule has 2 aliphatic rings. The minimum Gasteiger partial charge on any atom is -0.466 e. The van der Waals surface area contributed by atoms with Gasteiger partial charge in [0.05, 0.1) is 17.4 Å². The van der Waals surface area contributed by atoms with Gasteiger partial charge in [0.2, 0.25) is 0 Å². The molecule has 3 heterocycles. The topological polar surface area (TPSA) is 92.0 Å². The second kappa shape index (κ2) is 5.94. The van der Waals surface area contributed by atoms with Crippen molar-refractivity contribution in [2.24, 2.45) is 4.40 Å². The lowest BCUT2D eigenvalue weighted by molar-refractivity contribution is -0.117. The van der Waals surface area contributed by atoms with E-state index in [9.17, 15) is 13.2 Å². The third-order valence-electron chi connectivity index (χ3n) is 3.98. The van der Waals surface area contributed by atoms with Gasteiger partial charge in [-0.25, -0.2) is 8.42 Å². The van der Waals surface area contributed by atoms with E-state index in [1.54, 1.807) is 23.3 Å². The Labute approximate surface area is 140 Å². The average molecular weight is 349 g/mol. The molecule has 0 bridgehead atoms. The highest BCUT2D eigenvalue weighted by Gasteiger charge is 2.25. The summed E-state index contributed by atoms with van der Waals surface area (Å²) < 4.78 is 32.2. The molecule has 0 aliphatic carbocycles. The summed E-state index contributed by atoms with van der Waals surface area (Å²) in [4.78, 5) is 14.1. The molecule has 7 nitrogen and oxygen atoms in total. The van der Waals surface area contributed by atoms with E-state index >= 15 is 0 Å². The molecular formula is C16H19N3O4S. The Balaban J connectivity index is 1.74. The Morgan fingerprint density at radius 1 is 1.38 bits per heavy atom. The van der Waals surface area contributed by atoms with Crippen molar-refractivity contribution in [2.75, 3.05) is 12.3 Å². The van der Waals surface area contributed by atoms with Crippen molar-refractivity contribution in [3.05, 3.63) is 47.1 Å². The number of carbonyl (C=O) groups excluding carboxylic acids is 1. The van der Waals surface area contributed by atoms with Crippen LogP contribution < -0.4 is 5.32 Å². The number of amides is 1. The lowest BCUT2D eigenvalue weighted by Gasteiger charge is -2.27. The van der Waals surface area contributed by atoms with Crippen molar-refractivity contribution in [3.63, 3.8) is 0 Å². The van der Waals surface area contributed by atoms with E-state index in [1.807, 2.05) is 26.8 Å². The summed E-state index contributed by atoms with van der Waals surface area (Å²) in [5.41, 5.74) is 1.39. The maximum absolute atomic E-state index is 12.5. The predicted molar refractivity (Wildman–Crippen MR) is 89.9 cm³/mol. The molecule has 8 heteroatoms. The summed E-state index contributed by atoms with van der Waals surface area (Å²) in [5, 5.41) is 2.93. The third kappa shape index (κ3) is 3.28. The van der Waals surface area contributed by atoms with Crippen LogP contribution in [0.1, 0.15) is 30.0 Å².